The number of carbonyl (C=O) groups is 2. The quantitative estimate of drug-likeness (QED) is 0.768. The van der Waals surface area contributed by atoms with Crippen molar-refractivity contribution in [1.29, 1.82) is 0 Å². The molecule has 2 heterocycles. The van der Waals surface area contributed by atoms with Crippen LogP contribution in [0.5, 0.6) is 5.75 Å². The van der Waals surface area contributed by atoms with E-state index in [-0.39, 0.29) is 18.4 Å². The molecule has 1 aromatic rings. The summed E-state index contributed by atoms with van der Waals surface area (Å²) in [5, 5.41) is 0. The molecule has 2 aliphatic rings. The van der Waals surface area contributed by atoms with Crippen molar-refractivity contribution in [3.05, 3.63) is 29.8 Å². The van der Waals surface area contributed by atoms with Crippen LogP contribution in [0.15, 0.2) is 24.3 Å². The zero-order chi connectivity index (χ0) is 19.1. The molecule has 0 N–H and O–H groups in total. The van der Waals surface area contributed by atoms with E-state index in [1.165, 1.54) is 6.42 Å². The number of piperidine rings is 2. The Hall–Kier alpha value is -2.08. The highest BCUT2D eigenvalue weighted by Gasteiger charge is 2.24. The molecule has 27 heavy (non-hydrogen) atoms. The summed E-state index contributed by atoms with van der Waals surface area (Å²) in [4.78, 5) is 28.4. The topological polar surface area (TPSA) is 59.1 Å². The molecular formula is C21H30N2O4. The Labute approximate surface area is 161 Å². The van der Waals surface area contributed by atoms with E-state index in [9.17, 15) is 9.59 Å². The van der Waals surface area contributed by atoms with Crippen molar-refractivity contribution in [3.8, 4) is 5.75 Å². The minimum absolute atomic E-state index is 0.0383. The van der Waals surface area contributed by atoms with Crippen LogP contribution in [0.25, 0.3) is 0 Å². The van der Waals surface area contributed by atoms with Gasteiger partial charge in [0, 0.05) is 44.8 Å². The summed E-state index contributed by atoms with van der Waals surface area (Å²) in [5.74, 6) is 1.16. The van der Waals surface area contributed by atoms with Crippen LogP contribution in [-0.2, 0) is 9.53 Å². The van der Waals surface area contributed by atoms with E-state index < -0.39 is 0 Å². The van der Waals surface area contributed by atoms with Gasteiger partial charge in [-0.05, 0) is 50.3 Å². The van der Waals surface area contributed by atoms with Gasteiger partial charge in [0.25, 0.3) is 5.91 Å². The van der Waals surface area contributed by atoms with Crippen LogP contribution in [0.2, 0.25) is 0 Å². The van der Waals surface area contributed by atoms with E-state index >= 15 is 0 Å². The molecule has 1 atom stereocenters. The van der Waals surface area contributed by atoms with Gasteiger partial charge in [-0.2, -0.15) is 0 Å². The van der Waals surface area contributed by atoms with Crippen LogP contribution in [0.3, 0.4) is 0 Å². The van der Waals surface area contributed by atoms with E-state index in [0.717, 1.165) is 51.1 Å². The summed E-state index contributed by atoms with van der Waals surface area (Å²) in [5.41, 5.74) is 0.690. The lowest BCUT2D eigenvalue weighted by molar-refractivity contribution is -0.137. The SMILES string of the molecule is COCC(=O)N1CCC[C@@H](COc2cccc(C(=O)N3CCCCC3)c2)C1. The number of methoxy groups -OCH3 is 1. The average Bonchev–Trinajstić information content (AvgIpc) is 2.73. The summed E-state index contributed by atoms with van der Waals surface area (Å²) in [7, 11) is 1.54. The summed E-state index contributed by atoms with van der Waals surface area (Å²) in [6.07, 6.45) is 5.40. The summed E-state index contributed by atoms with van der Waals surface area (Å²) in [6, 6.07) is 7.47. The number of carbonyl (C=O) groups excluding carboxylic acids is 2. The molecule has 2 fully saturated rings. The standard InChI is InChI=1S/C21H30N2O4/c1-26-16-20(24)23-12-6-7-17(14-23)15-27-19-9-5-8-18(13-19)21(25)22-10-3-2-4-11-22/h5,8-9,13,17H,2-4,6-7,10-12,14-16H2,1H3/t17-/m1/s1. The molecule has 0 aliphatic carbocycles. The van der Waals surface area contributed by atoms with Crippen molar-refractivity contribution in [1.82, 2.24) is 9.80 Å². The first-order chi connectivity index (χ1) is 13.2. The number of hydrogen-bond donors (Lipinski definition) is 0. The van der Waals surface area contributed by atoms with Gasteiger partial charge in [-0.15, -0.1) is 0 Å². The minimum atomic E-state index is 0.0383. The molecule has 0 spiro atoms. The van der Waals surface area contributed by atoms with Gasteiger partial charge >= 0.3 is 0 Å². The highest BCUT2D eigenvalue weighted by molar-refractivity contribution is 5.94. The number of nitrogens with zero attached hydrogens (tertiary/aromatic N) is 2. The molecule has 0 aromatic heterocycles. The van der Waals surface area contributed by atoms with Gasteiger partial charge in [-0.3, -0.25) is 9.59 Å². The van der Waals surface area contributed by atoms with Crippen LogP contribution in [-0.4, -0.2) is 68.1 Å². The average molecular weight is 374 g/mol. The third-order valence-electron chi connectivity index (χ3n) is 5.35. The third-order valence-corrected chi connectivity index (χ3v) is 5.35. The van der Waals surface area contributed by atoms with Crippen LogP contribution in [0.1, 0.15) is 42.5 Å². The van der Waals surface area contributed by atoms with E-state index in [2.05, 4.69) is 0 Å². The van der Waals surface area contributed by atoms with Gasteiger partial charge in [0.15, 0.2) is 0 Å². The molecule has 2 aliphatic heterocycles. The molecule has 0 saturated carbocycles. The second-order valence-corrected chi connectivity index (χ2v) is 7.47. The maximum absolute atomic E-state index is 12.7. The maximum atomic E-state index is 12.7. The first kappa shape index (κ1) is 19.7. The predicted octanol–water partition coefficient (Wildman–Crippen LogP) is 2.58. The maximum Gasteiger partial charge on any atom is 0.253 e. The first-order valence-corrected chi connectivity index (χ1v) is 9.96. The van der Waals surface area contributed by atoms with E-state index in [1.54, 1.807) is 7.11 Å². The molecule has 6 heteroatoms. The minimum Gasteiger partial charge on any atom is -0.493 e. The zero-order valence-corrected chi connectivity index (χ0v) is 16.2. The van der Waals surface area contributed by atoms with Gasteiger partial charge in [0.2, 0.25) is 5.91 Å². The Balaban J connectivity index is 1.53. The van der Waals surface area contributed by atoms with Gasteiger partial charge in [-0.1, -0.05) is 6.07 Å². The normalized spacial score (nSPS) is 20.4. The number of likely N-dealkylation sites (tertiary alicyclic amines) is 2. The predicted molar refractivity (Wildman–Crippen MR) is 103 cm³/mol. The number of hydrogen-bond acceptors (Lipinski definition) is 4. The Morgan fingerprint density at radius 3 is 2.63 bits per heavy atom. The number of benzene rings is 1. The van der Waals surface area contributed by atoms with Crippen molar-refractivity contribution >= 4 is 11.8 Å². The highest BCUT2D eigenvalue weighted by Crippen LogP contribution is 2.21. The Bertz CT molecular complexity index is 643. The number of rotatable bonds is 6. The van der Waals surface area contributed by atoms with Gasteiger partial charge < -0.3 is 19.3 Å². The molecule has 3 rings (SSSR count). The lowest BCUT2D eigenvalue weighted by Crippen LogP contribution is -2.43. The largest absolute Gasteiger partial charge is 0.493 e. The Kier molecular flexibility index (Phi) is 7.10. The van der Waals surface area contributed by atoms with E-state index in [1.807, 2.05) is 34.1 Å². The third kappa shape index (κ3) is 5.45. The van der Waals surface area contributed by atoms with E-state index in [0.29, 0.717) is 24.6 Å². The molecule has 2 saturated heterocycles. The van der Waals surface area contributed by atoms with Gasteiger partial charge in [0.05, 0.1) is 6.61 Å². The monoisotopic (exact) mass is 374 g/mol. The number of ether oxygens (including phenoxy) is 2. The lowest BCUT2D eigenvalue weighted by Gasteiger charge is -2.32. The summed E-state index contributed by atoms with van der Waals surface area (Å²) in [6.45, 7) is 3.87. The van der Waals surface area contributed by atoms with Crippen LogP contribution in [0, 0.1) is 5.92 Å². The fraction of sp³-hybridized carbons (Fsp3) is 0.619. The zero-order valence-electron chi connectivity index (χ0n) is 16.2. The van der Waals surface area contributed by atoms with Crippen LogP contribution in [0.4, 0.5) is 0 Å². The smallest absolute Gasteiger partial charge is 0.253 e. The van der Waals surface area contributed by atoms with Crippen molar-refractivity contribution in [2.45, 2.75) is 32.1 Å². The molecule has 0 unspecified atom stereocenters. The molecule has 2 amide bonds. The molecule has 6 nitrogen and oxygen atoms in total. The van der Waals surface area contributed by atoms with Crippen molar-refractivity contribution in [2.75, 3.05) is 46.5 Å². The fourth-order valence-electron chi connectivity index (χ4n) is 3.85. The fourth-order valence-corrected chi connectivity index (χ4v) is 3.85. The first-order valence-electron chi connectivity index (χ1n) is 9.96. The molecule has 0 bridgehead atoms. The second-order valence-electron chi connectivity index (χ2n) is 7.47. The van der Waals surface area contributed by atoms with E-state index in [4.69, 9.17) is 9.47 Å². The number of amides is 2. The molecular weight excluding hydrogens is 344 g/mol. The molecule has 148 valence electrons. The van der Waals surface area contributed by atoms with Crippen molar-refractivity contribution < 1.29 is 19.1 Å². The summed E-state index contributed by atoms with van der Waals surface area (Å²) >= 11 is 0. The summed E-state index contributed by atoms with van der Waals surface area (Å²) < 4.78 is 10.9. The van der Waals surface area contributed by atoms with Gasteiger partial charge in [0.1, 0.15) is 12.4 Å². The molecule has 1 aromatic carbocycles. The van der Waals surface area contributed by atoms with Gasteiger partial charge in [-0.25, -0.2) is 0 Å². The Morgan fingerprint density at radius 2 is 1.85 bits per heavy atom. The second kappa shape index (κ2) is 9.74. The van der Waals surface area contributed by atoms with Crippen LogP contribution >= 0.6 is 0 Å². The van der Waals surface area contributed by atoms with Crippen molar-refractivity contribution in [3.63, 3.8) is 0 Å². The van der Waals surface area contributed by atoms with Crippen molar-refractivity contribution in [2.24, 2.45) is 5.92 Å². The Morgan fingerprint density at radius 1 is 1.07 bits per heavy atom. The highest BCUT2D eigenvalue weighted by atomic mass is 16.5. The van der Waals surface area contributed by atoms with Crippen LogP contribution < -0.4 is 4.74 Å². The lowest BCUT2D eigenvalue weighted by atomic mass is 9.99. The molecule has 0 radical (unpaired) electrons.